The van der Waals surface area contributed by atoms with Crippen LogP contribution in [0.15, 0.2) is 96.2 Å². The second kappa shape index (κ2) is 13.3. The van der Waals surface area contributed by atoms with Crippen LogP contribution in [0.2, 0.25) is 5.02 Å². The zero-order chi connectivity index (χ0) is 26.0. The molecular weight excluding hydrogens is 509 g/mol. The van der Waals surface area contributed by atoms with Crippen LogP contribution in [0.1, 0.15) is 35.1 Å². The van der Waals surface area contributed by atoms with Crippen molar-refractivity contribution in [1.82, 2.24) is 16.0 Å². The van der Waals surface area contributed by atoms with Gasteiger partial charge in [-0.25, -0.2) is 4.79 Å². The SMILES string of the molecule is O=C1NC(COCCCl)=C(C(=O)NCCC(c2ccccc2)c2ccccc2)C(c2cccc(Cl)c2)N1. The number of halogens is 2. The fourth-order valence-electron chi connectivity index (χ4n) is 4.49. The van der Waals surface area contributed by atoms with Crippen molar-refractivity contribution < 1.29 is 14.3 Å². The minimum Gasteiger partial charge on any atom is -0.374 e. The van der Waals surface area contributed by atoms with Gasteiger partial charge in [-0.2, -0.15) is 0 Å². The minimum absolute atomic E-state index is 0.0522. The second-order valence-electron chi connectivity index (χ2n) is 8.64. The first-order chi connectivity index (χ1) is 18.1. The fourth-order valence-corrected chi connectivity index (χ4v) is 4.79. The molecule has 0 aromatic heterocycles. The van der Waals surface area contributed by atoms with Crippen LogP contribution in [0.3, 0.4) is 0 Å². The van der Waals surface area contributed by atoms with E-state index in [0.717, 1.165) is 0 Å². The maximum atomic E-state index is 13.6. The Hall–Kier alpha value is -3.32. The zero-order valence-corrected chi connectivity index (χ0v) is 21.8. The van der Waals surface area contributed by atoms with Crippen molar-refractivity contribution in [3.8, 4) is 0 Å². The van der Waals surface area contributed by atoms with Crippen molar-refractivity contribution in [1.29, 1.82) is 0 Å². The Labute approximate surface area is 227 Å². The van der Waals surface area contributed by atoms with Crippen molar-refractivity contribution in [3.05, 3.63) is 118 Å². The van der Waals surface area contributed by atoms with Gasteiger partial charge in [-0.05, 0) is 35.2 Å². The summed E-state index contributed by atoms with van der Waals surface area (Å²) in [6.07, 6.45) is 0.701. The molecule has 192 valence electrons. The number of hydrogen-bond acceptors (Lipinski definition) is 3. The maximum Gasteiger partial charge on any atom is 0.319 e. The van der Waals surface area contributed by atoms with Crippen LogP contribution in [0, 0.1) is 0 Å². The molecule has 6 nitrogen and oxygen atoms in total. The van der Waals surface area contributed by atoms with Crippen molar-refractivity contribution in [2.75, 3.05) is 25.6 Å². The molecule has 0 saturated carbocycles. The number of rotatable bonds is 11. The molecule has 0 spiro atoms. The van der Waals surface area contributed by atoms with E-state index >= 15 is 0 Å². The number of nitrogens with one attached hydrogen (secondary N) is 3. The third-order valence-corrected chi connectivity index (χ3v) is 6.56. The number of urea groups is 1. The lowest BCUT2D eigenvalue weighted by Gasteiger charge is -2.30. The van der Waals surface area contributed by atoms with Gasteiger partial charge in [0.2, 0.25) is 0 Å². The van der Waals surface area contributed by atoms with E-state index in [-0.39, 0.29) is 18.4 Å². The molecule has 3 N–H and O–H groups in total. The Morgan fingerprint density at radius 1 is 0.973 bits per heavy atom. The number of ether oxygens (including phenoxy) is 1. The first-order valence-electron chi connectivity index (χ1n) is 12.1. The zero-order valence-electron chi connectivity index (χ0n) is 20.3. The van der Waals surface area contributed by atoms with E-state index < -0.39 is 12.1 Å². The molecule has 0 saturated heterocycles. The summed E-state index contributed by atoms with van der Waals surface area (Å²) in [5.41, 5.74) is 3.85. The Kier molecular flexibility index (Phi) is 9.60. The Morgan fingerprint density at radius 2 is 1.65 bits per heavy atom. The maximum absolute atomic E-state index is 13.6. The third kappa shape index (κ3) is 7.13. The molecule has 1 aliphatic heterocycles. The Balaban J connectivity index is 1.57. The molecule has 8 heteroatoms. The van der Waals surface area contributed by atoms with Crippen LogP contribution in [0.5, 0.6) is 0 Å². The molecule has 0 fully saturated rings. The van der Waals surface area contributed by atoms with Crippen LogP contribution in [-0.4, -0.2) is 37.6 Å². The van der Waals surface area contributed by atoms with E-state index in [4.69, 9.17) is 27.9 Å². The van der Waals surface area contributed by atoms with E-state index in [0.29, 0.717) is 47.3 Å². The topological polar surface area (TPSA) is 79.5 Å². The average molecular weight is 538 g/mol. The van der Waals surface area contributed by atoms with Crippen molar-refractivity contribution in [2.45, 2.75) is 18.4 Å². The van der Waals surface area contributed by atoms with E-state index in [9.17, 15) is 9.59 Å². The molecular formula is C29H29Cl2N3O3. The molecule has 1 aliphatic rings. The predicted octanol–water partition coefficient (Wildman–Crippen LogP) is 5.54. The highest BCUT2D eigenvalue weighted by atomic mass is 35.5. The van der Waals surface area contributed by atoms with Gasteiger partial charge < -0.3 is 20.7 Å². The number of carbonyl (C=O) groups is 2. The molecule has 3 amide bonds. The summed E-state index contributed by atoms with van der Waals surface area (Å²) in [4.78, 5) is 26.1. The lowest BCUT2D eigenvalue weighted by atomic mass is 9.88. The van der Waals surface area contributed by atoms with Gasteiger partial charge in [0.05, 0.1) is 30.5 Å². The summed E-state index contributed by atoms with van der Waals surface area (Å²) in [5.74, 6) is 0.136. The number of alkyl halides is 1. The lowest BCUT2D eigenvalue weighted by molar-refractivity contribution is -0.118. The number of carbonyl (C=O) groups excluding carboxylic acids is 2. The van der Waals surface area contributed by atoms with Crippen LogP contribution in [0.4, 0.5) is 4.79 Å². The van der Waals surface area contributed by atoms with Crippen molar-refractivity contribution in [3.63, 3.8) is 0 Å². The van der Waals surface area contributed by atoms with Gasteiger partial charge in [-0.3, -0.25) is 4.79 Å². The molecule has 0 aliphatic carbocycles. The monoisotopic (exact) mass is 537 g/mol. The summed E-state index contributed by atoms with van der Waals surface area (Å²) >= 11 is 12.0. The average Bonchev–Trinajstić information content (AvgIpc) is 2.92. The molecule has 3 aromatic rings. The van der Waals surface area contributed by atoms with Crippen LogP contribution < -0.4 is 16.0 Å². The summed E-state index contributed by atoms with van der Waals surface area (Å²) in [6, 6.07) is 26.5. The van der Waals surface area contributed by atoms with E-state index in [1.54, 1.807) is 18.2 Å². The van der Waals surface area contributed by atoms with Gasteiger partial charge in [0, 0.05) is 23.4 Å². The highest BCUT2D eigenvalue weighted by molar-refractivity contribution is 6.30. The highest BCUT2D eigenvalue weighted by Gasteiger charge is 2.33. The first kappa shape index (κ1) is 26.7. The lowest BCUT2D eigenvalue weighted by Crippen LogP contribution is -2.48. The predicted molar refractivity (Wildman–Crippen MR) is 147 cm³/mol. The smallest absolute Gasteiger partial charge is 0.319 e. The van der Waals surface area contributed by atoms with Gasteiger partial charge in [0.1, 0.15) is 0 Å². The van der Waals surface area contributed by atoms with Gasteiger partial charge in [-0.15, -0.1) is 11.6 Å². The quantitative estimate of drug-likeness (QED) is 0.222. The number of benzene rings is 3. The van der Waals surface area contributed by atoms with Crippen LogP contribution in [0.25, 0.3) is 0 Å². The summed E-state index contributed by atoms with van der Waals surface area (Å²) in [5, 5.41) is 9.17. The molecule has 0 bridgehead atoms. The molecule has 1 unspecified atom stereocenters. The van der Waals surface area contributed by atoms with Gasteiger partial charge >= 0.3 is 6.03 Å². The summed E-state index contributed by atoms with van der Waals surface area (Å²) in [7, 11) is 0. The fraction of sp³-hybridized carbons (Fsp3) is 0.241. The second-order valence-corrected chi connectivity index (χ2v) is 9.45. The molecule has 3 aromatic carbocycles. The van der Waals surface area contributed by atoms with Gasteiger partial charge in [0.25, 0.3) is 5.91 Å². The molecule has 1 heterocycles. The molecule has 0 radical (unpaired) electrons. The highest BCUT2D eigenvalue weighted by Crippen LogP contribution is 2.30. The molecule has 37 heavy (non-hydrogen) atoms. The standard InChI is InChI=1S/C29H29Cl2N3O3/c30-15-17-37-19-25-26(27(34-29(36)33-25)22-12-7-13-23(31)18-22)28(35)32-16-14-24(20-8-3-1-4-9-20)21-10-5-2-6-11-21/h1-13,18,24,27H,14-17,19H2,(H,32,35)(H2,33,34,36). The van der Waals surface area contributed by atoms with Crippen LogP contribution in [-0.2, 0) is 9.53 Å². The van der Waals surface area contributed by atoms with Gasteiger partial charge in [-0.1, -0.05) is 84.4 Å². The first-order valence-corrected chi connectivity index (χ1v) is 13.1. The number of amides is 3. The molecule has 4 rings (SSSR count). The van der Waals surface area contributed by atoms with Crippen molar-refractivity contribution >= 4 is 35.1 Å². The van der Waals surface area contributed by atoms with E-state index in [1.165, 1.54) is 11.1 Å². The molecule has 1 atom stereocenters. The Bertz CT molecular complexity index is 1200. The van der Waals surface area contributed by atoms with Gasteiger partial charge in [0.15, 0.2) is 0 Å². The van der Waals surface area contributed by atoms with E-state index in [2.05, 4.69) is 40.2 Å². The normalized spacial score (nSPS) is 15.3. The third-order valence-electron chi connectivity index (χ3n) is 6.17. The Morgan fingerprint density at radius 3 is 2.27 bits per heavy atom. The van der Waals surface area contributed by atoms with E-state index in [1.807, 2.05) is 42.5 Å². The minimum atomic E-state index is -0.680. The van der Waals surface area contributed by atoms with Crippen LogP contribution >= 0.6 is 23.2 Å². The number of hydrogen-bond donors (Lipinski definition) is 3. The van der Waals surface area contributed by atoms with Crippen molar-refractivity contribution in [2.24, 2.45) is 0 Å². The largest absolute Gasteiger partial charge is 0.374 e. The summed E-state index contributed by atoms with van der Waals surface area (Å²) in [6.45, 7) is 0.778. The summed E-state index contributed by atoms with van der Waals surface area (Å²) < 4.78 is 5.58.